The van der Waals surface area contributed by atoms with Crippen LogP contribution in [0.5, 0.6) is 0 Å². The van der Waals surface area contributed by atoms with Crippen LogP contribution in [0.2, 0.25) is 0 Å². The Kier molecular flexibility index (Phi) is 3.29. The number of hydrogen-bond donors (Lipinski definition) is 1. The summed E-state index contributed by atoms with van der Waals surface area (Å²) in [6.45, 7) is 0.376. The minimum absolute atomic E-state index is 0.0917. The highest BCUT2D eigenvalue weighted by molar-refractivity contribution is 7.13. The van der Waals surface area contributed by atoms with E-state index in [1.807, 2.05) is 0 Å². The minimum Gasteiger partial charge on any atom is -0.366 e. The Hall–Kier alpha value is -2.02. The lowest BCUT2D eigenvalue weighted by atomic mass is 10.3. The quantitative estimate of drug-likeness (QED) is 0.517. The third-order valence-corrected chi connectivity index (χ3v) is 2.94. The van der Waals surface area contributed by atoms with Crippen LogP contribution in [0.1, 0.15) is 5.56 Å². The molecule has 7 heteroatoms. The molecule has 2 heterocycles. The number of hydrogen-bond acceptors (Lipinski definition) is 5. The van der Waals surface area contributed by atoms with Gasteiger partial charge in [0.1, 0.15) is 5.82 Å². The smallest absolute Gasteiger partial charge is 0.324 e. The van der Waals surface area contributed by atoms with Crippen molar-refractivity contribution in [2.24, 2.45) is 0 Å². The van der Waals surface area contributed by atoms with E-state index in [2.05, 4.69) is 10.3 Å². The summed E-state index contributed by atoms with van der Waals surface area (Å²) in [5, 5.41) is 15.1. The zero-order chi connectivity index (χ0) is 12.3. The Morgan fingerprint density at radius 3 is 3.00 bits per heavy atom. The van der Waals surface area contributed by atoms with E-state index in [4.69, 9.17) is 0 Å². The van der Waals surface area contributed by atoms with Crippen molar-refractivity contribution in [3.8, 4) is 0 Å². The maximum absolute atomic E-state index is 12.8. The second kappa shape index (κ2) is 4.88. The van der Waals surface area contributed by atoms with Crippen LogP contribution in [0.15, 0.2) is 29.6 Å². The van der Waals surface area contributed by atoms with Gasteiger partial charge in [0.2, 0.25) is 5.95 Å². The Morgan fingerprint density at radius 2 is 2.35 bits per heavy atom. The van der Waals surface area contributed by atoms with E-state index in [1.165, 1.54) is 12.1 Å². The van der Waals surface area contributed by atoms with Gasteiger partial charge in [-0.05, 0) is 17.7 Å². The van der Waals surface area contributed by atoms with Crippen molar-refractivity contribution in [2.75, 3.05) is 5.32 Å². The van der Waals surface area contributed by atoms with Crippen molar-refractivity contribution in [2.45, 2.75) is 6.54 Å². The predicted octanol–water partition coefficient (Wildman–Crippen LogP) is 2.80. The van der Waals surface area contributed by atoms with Gasteiger partial charge in [0.25, 0.3) is 0 Å². The van der Waals surface area contributed by atoms with Crippen LogP contribution in [0.25, 0.3) is 0 Å². The first-order valence-electron chi connectivity index (χ1n) is 4.73. The fourth-order valence-corrected chi connectivity index (χ4v) is 1.98. The van der Waals surface area contributed by atoms with Crippen molar-refractivity contribution in [3.63, 3.8) is 0 Å². The van der Waals surface area contributed by atoms with Crippen LogP contribution in [-0.2, 0) is 6.54 Å². The van der Waals surface area contributed by atoms with Gasteiger partial charge in [0.15, 0.2) is 0 Å². The Morgan fingerprint density at radius 1 is 1.53 bits per heavy atom. The fourth-order valence-electron chi connectivity index (χ4n) is 1.25. The van der Waals surface area contributed by atoms with Gasteiger partial charge in [-0.2, -0.15) is 4.39 Å². The number of nitro groups is 1. The number of anilines is 1. The number of thiophene rings is 1. The largest absolute Gasteiger partial charge is 0.366 e. The molecule has 0 saturated carbocycles. The lowest BCUT2D eigenvalue weighted by molar-refractivity contribution is -0.380. The van der Waals surface area contributed by atoms with Crippen LogP contribution in [0.3, 0.4) is 0 Å². The van der Waals surface area contributed by atoms with E-state index in [0.29, 0.717) is 12.4 Å². The maximum atomic E-state index is 12.8. The SMILES string of the molecule is O=[N+]([O-])c1cc(CNc2cccc(F)n2)cs1. The molecular formula is C10H8FN3O2S. The number of rotatable bonds is 4. The average molecular weight is 253 g/mol. The van der Waals surface area contributed by atoms with Gasteiger partial charge in [0, 0.05) is 18.0 Å². The molecule has 0 aliphatic rings. The standard InChI is InChI=1S/C10H8FN3O2S/c11-8-2-1-3-9(13-8)12-5-7-4-10(14(15)16)17-6-7/h1-4,6H,5H2,(H,12,13). The Balaban J connectivity index is 2.00. The zero-order valence-corrected chi connectivity index (χ0v) is 9.41. The van der Waals surface area contributed by atoms with Gasteiger partial charge in [-0.1, -0.05) is 17.4 Å². The van der Waals surface area contributed by atoms with Gasteiger partial charge in [-0.25, -0.2) is 4.98 Å². The molecule has 1 N–H and O–H groups in total. The topological polar surface area (TPSA) is 68.1 Å². The highest BCUT2D eigenvalue weighted by Gasteiger charge is 2.09. The molecule has 0 aliphatic carbocycles. The summed E-state index contributed by atoms with van der Waals surface area (Å²) >= 11 is 1.06. The molecule has 0 spiro atoms. The summed E-state index contributed by atoms with van der Waals surface area (Å²) in [4.78, 5) is 13.7. The van der Waals surface area contributed by atoms with Gasteiger partial charge in [-0.15, -0.1) is 0 Å². The zero-order valence-electron chi connectivity index (χ0n) is 8.59. The summed E-state index contributed by atoms with van der Waals surface area (Å²) in [5.41, 5.74) is 0.771. The molecule has 0 radical (unpaired) electrons. The molecule has 2 aromatic rings. The second-order valence-electron chi connectivity index (χ2n) is 3.25. The third kappa shape index (κ3) is 2.97. The lowest BCUT2D eigenvalue weighted by Gasteiger charge is -2.02. The van der Waals surface area contributed by atoms with Crippen molar-refractivity contribution < 1.29 is 9.31 Å². The van der Waals surface area contributed by atoms with Crippen molar-refractivity contribution in [1.82, 2.24) is 4.98 Å². The van der Waals surface area contributed by atoms with E-state index in [0.717, 1.165) is 16.9 Å². The van der Waals surface area contributed by atoms with E-state index in [-0.39, 0.29) is 5.00 Å². The lowest BCUT2D eigenvalue weighted by Crippen LogP contribution is -2.00. The summed E-state index contributed by atoms with van der Waals surface area (Å²) < 4.78 is 12.8. The molecular weight excluding hydrogens is 245 g/mol. The highest BCUT2D eigenvalue weighted by atomic mass is 32.1. The average Bonchev–Trinajstić information content (AvgIpc) is 2.75. The third-order valence-electron chi connectivity index (χ3n) is 2.01. The molecule has 0 aromatic carbocycles. The number of pyridine rings is 1. The van der Waals surface area contributed by atoms with Gasteiger partial charge < -0.3 is 5.32 Å². The van der Waals surface area contributed by atoms with Crippen molar-refractivity contribution >= 4 is 22.2 Å². The van der Waals surface area contributed by atoms with Crippen LogP contribution >= 0.6 is 11.3 Å². The van der Waals surface area contributed by atoms with E-state index >= 15 is 0 Å². The summed E-state index contributed by atoms with van der Waals surface area (Å²) in [5.74, 6) is -0.162. The van der Waals surface area contributed by atoms with Gasteiger partial charge in [0.05, 0.1) is 4.92 Å². The molecule has 0 aliphatic heterocycles. The summed E-state index contributed by atoms with van der Waals surface area (Å²) in [7, 11) is 0. The molecule has 88 valence electrons. The molecule has 0 fully saturated rings. The molecule has 17 heavy (non-hydrogen) atoms. The molecule has 2 rings (SSSR count). The normalized spacial score (nSPS) is 10.2. The van der Waals surface area contributed by atoms with Gasteiger partial charge in [-0.3, -0.25) is 10.1 Å². The fraction of sp³-hybridized carbons (Fsp3) is 0.100. The number of nitrogens with one attached hydrogen (secondary N) is 1. The summed E-state index contributed by atoms with van der Waals surface area (Å²) in [6.07, 6.45) is 0. The maximum Gasteiger partial charge on any atom is 0.324 e. The van der Waals surface area contributed by atoms with Crippen LogP contribution in [-0.4, -0.2) is 9.91 Å². The number of halogens is 1. The van der Waals surface area contributed by atoms with E-state index in [9.17, 15) is 14.5 Å². The van der Waals surface area contributed by atoms with Gasteiger partial charge >= 0.3 is 5.00 Å². The molecule has 0 amide bonds. The molecule has 0 bridgehead atoms. The first kappa shape index (κ1) is 11.5. The highest BCUT2D eigenvalue weighted by Crippen LogP contribution is 2.22. The van der Waals surface area contributed by atoms with Crippen LogP contribution in [0, 0.1) is 16.1 Å². The first-order valence-corrected chi connectivity index (χ1v) is 5.61. The van der Waals surface area contributed by atoms with Crippen molar-refractivity contribution in [1.29, 1.82) is 0 Å². The van der Waals surface area contributed by atoms with E-state index < -0.39 is 10.9 Å². The first-order chi connectivity index (χ1) is 8.15. The van der Waals surface area contributed by atoms with Crippen LogP contribution < -0.4 is 5.32 Å². The summed E-state index contributed by atoms with van der Waals surface area (Å²) in [6, 6.07) is 5.90. The van der Waals surface area contributed by atoms with Crippen LogP contribution in [0.4, 0.5) is 15.2 Å². The number of nitrogens with zero attached hydrogens (tertiary/aromatic N) is 2. The molecule has 5 nitrogen and oxygen atoms in total. The molecule has 0 saturated heterocycles. The Bertz CT molecular complexity index is 544. The number of aromatic nitrogens is 1. The van der Waals surface area contributed by atoms with E-state index in [1.54, 1.807) is 17.5 Å². The molecule has 0 atom stereocenters. The second-order valence-corrected chi connectivity index (χ2v) is 4.14. The van der Waals surface area contributed by atoms with Crippen molar-refractivity contribution in [3.05, 3.63) is 51.3 Å². The molecule has 0 unspecified atom stereocenters. The Labute approximate surface area is 100 Å². The molecule has 2 aromatic heterocycles. The monoisotopic (exact) mass is 253 g/mol. The predicted molar refractivity (Wildman–Crippen MR) is 62.5 cm³/mol. The minimum atomic E-state index is -0.564.